The summed E-state index contributed by atoms with van der Waals surface area (Å²) in [5, 5.41) is 3.24. The highest BCUT2D eigenvalue weighted by Gasteiger charge is 2.52. The Hall–Kier alpha value is -0.550. The summed E-state index contributed by atoms with van der Waals surface area (Å²) < 4.78 is 25.3. The van der Waals surface area contributed by atoms with E-state index >= 15 is 0 Å². The van der Waals surface area contributed by atoms with Gasteiger partial charge in [0.25, 0.3) is 0 Å². The Morgan fingerprint density at radius 2 is 2.06 bits per heavy atom. The molecule has 1 aliphatic carbocycles. The van der Waals surface area contributed by atoms with E-state index in [-0.39, 0.29) is 0 Å². The van der Waals surface area contributed by atoms with Crippen LogP contribution in [0.3, 0.4) is 0 Å². The summed E-state index contributed by atoms with van der Waals surface area (Å²) in [5.41, 5.74) is 0.737. The predicted octanol–water partition coefficient (Wildman–Crippen LogP) is 2.57. The largest absolute Gasteiger partial charge is 0.382 e. The van der Waals surface area contributed by atoms with Crippen LogP contribution in [0, 0.1) is 0 Å². The summed E-state index contributed by atoms with van der Waals surface area (Å²) in [7, 11) is -3.16. The molecule has 0 unspecified atom stereocenters. The highest BCUT2D eigenvalue weighted by molar-refractivity contribution is 9.10. The number of nitrogens with one attached hydrogen (secondary N) is 1. The van der Waals surface area contributed by atoms with E-state index in [1.165, 1.54) is 0 Å². The summed E-state index contributed by atoms with van der Waals surface area (Å²) in [6.45, 7) is 0.559. The van der Waals surface area contributed by atoms with Gasteiger partial charge in [-0.05, 0) is 31.0 Å². The SMILES string of the molecule is O=S1(=O)c2cc(Br)ccc2NCC12CCC2. The molecule has 1 aliphatic heterocycles. The Bertz CT molecular complexity index is 549. The molecular weight excluding hydrogens is 290 g/mol. The first-order valence-corrected chi connectivity index (χ1v) is 7.61. The molecule has 5 heteroatoms. The number of rotatable bonds is 0. The van der Waals surface area contributed by atoms with Crippen LogP contribution in [0.2, 0.25) is 0 Å². The van der Waals surface area contributed by atoms with Crippen molar-refractivity contribution in [3.8, 4) is 0 Å². The molecule has 0 saturated heterocycles. The average molecular weight is 302 g/mol. The van der Waals surface area contributed by atoms with E-state index in [9.17, 15) is 8.42 Å². The number of sulfone groups is 1. The molecule has 1 aromatic carbocycles. The normalized spacial score (nSPS) is 24.3. The van der Waals surface area contributed by atoms with Crippen molar-refractivity contribution in [1.29, 1.82) is 0 Å². The fourth-order valence-corrected chi connectivity index (χ4v) is 5.25. The highest BCUT2D eigenvalue weighted by Crippen LogP contribution is 2.47. The minimum absolute atomic E-state index is 0.452. The molecule has 0 atom stereocenters. The minimum atomic E-state index is -3.16. The van der Waals surface area contributed by atoms with Crippen molar-refractivity contribution >= 4 is 31.5 Å². The van der Waals surface area contributed by atoms with E-state index in [0.717, 1.165) is 29.4 Å². The van der Waals surface area contributed by atoms with Gasteiger partial charge >= 0.3 is 0 Å². The van der Waals surface area contributed by atoms with Crippen LogP contribution in [0.5, 0.6) is 0 Å². The van der Waals surface area contributed by atoms with Crippen LogP contribution in [0.25, 0.3) is 0 Å². The molecule has 3 rings (SSSR count). The maximum Gasteiger partial charge on any atom is 0.187 e. The van der Waals surface area contributed by atoms with Crippen LogP contribution in [0.15, 0.2) is 27.6 Å². The van der Waals surface area contributed by atoms with Gasteiger partial charge in [-0.25, -0.2) is 8.42 Å². The standard InChI is InChI=1S/C11H12BrNO2S/c12-8-2-3-9-10(6-8)16(14,15)11(7-13-9)4-1-5-11/h2-3,6,13H,1,4-5,7H2. The van der Waals surface area contributed by atoms with Crippen molar-refractivity contribution in [2.75, 3.05) is 11.9 Å². The van der Waals surface area contributed by atoms with Gasteiger partial charge in [0.05, 0.1) is 15.3 Å². The van der Waals surface area contributed by atoms with E-state index in [0.29, 0.717) is 11.4 Å². The van der Waals surface area contributed by atoms with Crippen molar-refractivity contribution in [2.24, 2.45) is 0 Å². The fraction of sp³-hybridized carbons (Fsp3) is 0.455. The van der Waals surface area contributed by atoms with Gasteiger partial charge in [-0.3, -0.25) is 0 Å². The fourth-order valence-electron chi connectivity index (χ4n) is 2.47. The van der Waals surface area contributed by atoms with Crippen LogP contribution in [0.4, 0.5) is 5.69 Å². The minimum Gasteiger partial charge on any atom is -0.382 e. The number of hydrogen-bond acceptors (Lipinski definition) is 3. The number of hydrogen-bond donors (Lipinski definition) is 1. The molecule has 1 N–H and O–H groups in total. The first kappa shape index (κ1) is 10.6. The molecule has 3 nitrogen and oxygen atoms in total. The van der Waals surface area contributed by atoms with E-state index in [1.54, 1.807) is 6.07 Å². The molecule has 16 heavy (non-hydrogen) atoms. The lowest BCUT2D eigenvalue weighted by Gasteiger charge is -2.44. The van der Waals surface area contributed by atoms with Gasteiger partial charge in [0, 0.05) is 11.0 Å². The monoisotopic (exact) mass is 301 g/mol. The Morgan fingerprint density at radius 1 is 1.31 bits per heavy atom. The van der Waals surface area contributed by atoms with Gasteiger partial charge in [0.1, 0.15) is 0 Å². The Morgan fingerprint density at radius 3 is 2.69 bits per heavy atom. The second-order valence-electron chi connectivity index (χ2n) is 4.53. The van der Waals surface area contributed by atoms with E-state index in [2.05, 4.69) is 21.2 Å². The molecule has 0 bridgehead atoms. The van der Waals surface area contributed by atoms with Crippen LogP contribution in [0.1, 0.15) is 19.3 Å². The summed E-state index contributed by atoms with van der Waals surface area (Å²) >= 11 is 3.33. The zero-order valence-corrected chi connectivity index (χ0v) is 11.1. The van der Waals surface area contributed by atoms with E-state index in [1.807, 2.05) is 12.1 Å². The number of anilines is 1. The highest BCUT2D eigenvalue weighted by atomic mass is 79.9. The first-order valence-electron chi connectivity index (χ1n) is 5.33. The summed E-state index contributed by atoms with van der Waals surface area (Å²) in [6, 6.07) is 5.39. The van der Waals surface area contributed by atoms with Gasteiger partial charge < -0.3 is 5.32 Å². The Labute approximate surface area is 103 Å². The van der Waals surface area contributed by atoms with Gasteiger partial charge in [-0.1, -0.05) is 22.4 Å². The maximum absolute atomic E-state index is 12.5. The zero-order valence-electron chi connectivity index (χ0n) is 8.66. The molecule has 1 saturated carbocycles. The molecule has 0 radical (unpaired) electrons. The molecule has 0 aromatic heterocycles. The number of fused-ring (bicyclic) bond motifs is 1. The predicted molar refractivity (Wildman–Crippen MR) is 66.4 cm³/mol. The van der Waals surface area contributed by atoms with Crippen molar-refractivity contribution in [2.45, 2.75) is 28.9 Å². The van der Waals surface area contributed by atoms with Crippen LogP contribution < -0.4 is 5.32 Å². The van der Waals surface area contributed by atoms with Gasteiger partial charge in [-0.15, -0.1) is 0 Å². The van der Waals surface area contributed by atoms with Crippen LogP contribution >= 0.6 is 15.9 Å². The second-order valence-corrected chi connectivity index (χ2v) is 7.76. The number of benzene rings is 1. The summed E-state index contributed by atoms with van der Waals surface area (Å²) in [6.07, 6.45) is 2.59. The van der Waals surface area contributed by atoms with Crippen molar-refractivity contribution in [1.82, 2.24) is 0 Å². The molecule has 0 amide bonds. The lowest BCUT2D eigenvalue weighted by atomic mass is 9.84. The Kier molecular flexibility index (Phi) is 2.14. The molecule has 86 valence electrons. The third kappa shape index (κ3) is 1.21. The van der Waals surface area contributed by atoms with Crippen molar-refractivity contribution < 1.29 is 8.42 Å². The van der Waals surface area contributed by atoms with Crippen LogP contribution in [-0.4, -0.2) is 19.7 Å². The van der Waals surface area contributed by atoms with Gasteiger partial charge in [-0.2, -0.15) is 0 Å². The summed E-state index contributed by atoms with van der Waals surface area (Å²) in [4.78, 5) is 0.452. The molecule has 1 heterocycles. The van der Waals surface area contributed by atoms with E-state index < -0.39 is 14.6 Å². The topological polar surface area (TPSA) is 46.2 Å². The van der Waals surface area contributed by atoms with E-state index in [4.69, 9.17) is 0 Å². The maximum atomic E-state index is 12.5. The lowest BCUT2D eigenvalue weighted by molar-refractivity contribution is 0.347. The van der Waals surface area contributed by atoms with Gasteiger partial charge in [0.2, 0.25) is 0 Å². The second kappa shape index (κ2) is 3.23. The first-order chi connectivity index (χ1) is 7.55. The Balaban J connectivity index is 2.22. The molecular formula is C11H12BrNO2S. The van der Waals surface area contributed by atoms with Crippen LogP contribution in [-0.2, 0) is 9.84 Å². The summed E-state index contributed by atoms with van der Waals surface area (Å²) in [5.74, 6) is 0. The molecule has 1 spiro atoms. The molecule has 1 aromatic rings. The third-order valence-electron chi connectivity index (χ3n) is 3.67. The molecule has 1 fully saturated rings. The number of halogens is 1. The lowest BCUT2D eigenvalue weighted by Crippen LogP contribution is -2.53. The zero-order chi connectivity index (χ0) is 11.4. The smallest absolute Gasteiger partial charge is 0.187 e. The molecule has 2 aliphatic rings. The van der Waals surface area contributed by atoms with Crippen molar-refractivity contribution in [3.05, 3.63) is 22.7 Å². The van der Waals surface area contributed by atoms with Crippen molar-refractivity contribution in [3.63, 3.8) is 0 Å². The third-order valence-corrected chi connectivity index (χ3v) is 6.77. The quantitative estimate of drug-likeness (QED) is 0.801. The van der Waals surface area contributed by atoms with Gasteiger partial charge in [0.15, 0.2) is 9.84 Å². The average Bonchev–Trinajstić information content (AvgIpc) is 2.16.